The molecule has 0 atom stereocenters. The summed E-state index contributed by atoms with van der Waals surface area (Å²) in [5, 5.41) is 11.1. The predicted octanol–water partition coefficient (Wildman–Crippen LogP) is 2.15. The van der Waals surface area contributed by atoms with E-state index in [0.29, 0.717) is 5.03 Å². The lowest BCUT2D eigenvalue weighted by atomic mass is 10.2. The van der Waals surface area contributed by atoms with Gasteiger partial charge in [-0.25, -0.2) is 0 Å². The highest BCUT2D eigenvalue weighted by molar-refractivity contribution is 7.90. The zero-order valence-corrected chi connectivity index (χ0v) is 11.3. The van der Waals surface area contributed by atoms with Gasteiger partial charge < -0.3 is 0 Å². The van der Waals surface area contributed by atoms with Gasteiger partial charge in [-0.3, -0.25) is 15.0 Å². The van der Waals surface area contributed by atoms with Gasteiger partial charge in [0.25, 0.3) is 15.7 Å². The number of amidine groups is 1. The van der Waals surface area contributed by atoms with Crippen LogP contribution in [0.4, 0.5) is 11.4 Å². The number of rotatable bonds is 1. The number of nitrogens with zero attached hydrogens (tertiary/aromatic N) is 3. The first-order valence-corrected chi connectivity index (χ1v) is 7.18. The lowest BCUT2D eigenvalue weighted by Gasteiger charge is -2.28. The summed E-state index contributed by atoms with van der Waals surface area (Å²) < 4.78 is 27.7. The van der Waals surface area contributed by atoms with Crippen molar-refractivity contribution in [3.8, 4) is 0 Å². The van der Waals surface area contributed by atoms with Crippen molar-refractivity contribution in [3.05, 3.63) is 51.7 Å². The lowest BCUT2D eigenvalue weighted by Crippen LogP contribution is -2.31. The van der Waals surface area contributed by atoms with Crippen LogP contribution in [0.5, 0.6) is 0 Å². The van der Waals surface area contributed by atoms with Crippen LogP contribution in [0.1, 0.15) is 0 Å². The molecular formula is C11H6ClN3O4S. The predicted molar refractivity (Wildman–Crippen MR) is 73.3 cm³/mol. The van der Waals surface area contributed by atoms with Crippen LogP contribution in [0.3, 0.4) is 0 Å². The van der Waals surface area contributed by atoms with Crippen LogP contribution in [0.2, 0.25) is 0 Å². The minimum absolute atomic E-state index is 0.191. The largest absolute Gasteiger partial charge is 0.298 e. The molecule has 0 saturated heterocycles. The van der Waals surface area contributed by atoms with Crippen molar-refractivity contribution >= 4 is 38.8 Å². The summed E-state index contributed by atoms with van der Waals surface area (Å²) in [5.41, 5.74) is -0.0308. The Labute approximate surface area is 118 Å². The first-order chi connectivity index (χ1) is 9.38. The van der Waals surface area contributed by atoms with Gasteiger partial charge in [0.1, 0.15) is 4.90 Å². The Kier molecular flexibility index (Phi) is 2.66. The number of halogens is 1. The molecule has 9 heteroatoms. The molecule has 0 spiro atoms. The first kappa shape index (κ1) is 12.8. The number of anilines is 1. The van der Waals surface area contributed by atoms with Crippen molar-refractivity contribution in [1.29, 1.82) is 0 Å². The van der Waals surface area contributed by atoms with E-state index in [2.05, 4.69) is 4.40 Å². The molecule has 3 rings (SSSR count). The third kappa shape index (κ3) is 1.89. The quantitative estimate of drug-likeness (QED) is 0.585. The molecule has 0 radical (unpaired) electrons. The molecule has 2 aliphatic heterocycles. The van der Waals surface area contributed by atoms with Crippen LogP contribution >= 0.6 is 11.6 Å². The van der Waals surface area contributed by atoms with Crippen LogP contribution in [0.15, 0.2) is 50.9 Å². The minimum atomic E-state index is -3.97. The highest BCUT2D eigenvalue weighted by Gasteiger charge is 2.31. The van der Waals surface area contributed by atoms with Gasteiger partial charge in [0.15, 0.2) is 5.84 Å². The van der Waals surface area contributed by atoms with E-state index in [4.69, 9.17) is 11.6 Å². The Morgan fingerprint density at radius 2 is 2.05 bits per heavy atom. The molecule has 0 bridgehead atoms. The molecule has 102 valence electrons. The van der Waals surface area contributed by atoms with Crippen molar-refractivity contribution in [2.75, 3.05) is 4.90 Å². The third-order valence-corrected chi connectivity index (χ3v) is 4.33. The van der Waals surface area contributed by atoms with Crippen LogP contribution in [-0.2, 0) is 10.0 Å². The van der Waals surface area contributed by atoms with E-state index in [-0.39, 0.29) is 22.1 Å². The molecule has 20 heavy (non-hydrogen) atoms. The second kappa shape index (κ2) is 4.15. The average molecular weight is 312 g/mol. The molecule has 1 aromatic carbocycles. The molecule has 0 unspecified atom stereocenters. The summed E-state index contributed by atoms with van der Waals surface area (Å²) in [6.45, 7) is 0. The summed E-state index contributed by atoms with van der Waals surface area (Å²) >= 11 is 5.88. The minimum Gasteiger partial charge on any atom is -0.298 e. The second-order valence-corrected chi connectivity index (χ2v) is 6.06. The molecule has 0 fully saturated rings. The fourth-order valence-electron chi connectivity index (χ4n) is 1.93. The second-order valence-electron chi connectivity index (χ2n) is 4.05. The van der Waals surface area contributed by atoms with Gasteiger partial charge in [-0.05, 0) is 18.2 Å². The summed E-state index contributed by atoms with van der Waals surface area (Å²) in [5.74, 6) is 0.191. The number of nitro benzene ring substituents is 1. The Bertz CT molecular complexity index is 826. The molecule has 0 N–H and O–H groups in total. The summed E-state index contributed by atoms with van der Waals surface area (Å²) in [6.07, 6.45) is 4.48. The third-order valence-electron chi connectivity index (χ3n) is 2.80. The number of hydrogen-bond acceptors (Lipinski definition) is 5. The van der Waals surface area contributed by atoms with Crippen molar-refractivity contribution in [2.24, 2.45) is 4.40 Å². The highest BCUT2D eigenvalue weighted by atomic mass is 35.5. The summed E-state index contributed by atoms with van der Waals surface area (Å²) in [4.78, 5) is 11.3. The Morgan fingerprint density at radius 3 is 2.75 bits per heavy atom. The molecule has 2 heterocycles. The molecule has 1 aromatic rings. The van der Waals surface area contributed by atoms with Gasteiger partial charge in [-0.2, -0.15) is 8.42 Å². The van der Waals surface area contributed by atoms with Crippen molar-refractivity contribution < 1.29 is 13.3 Å². The smallest absolute Gasteiger partial charge is 0.286 e. The van der Waals surface area contributed by atoms with Gasteiger partial charge in [-0.1, -0.05) is 11.6 Å². The van der Waals surface area contributed by atoms with Crippen LogP contribution in [-0.4, -0.2) is 19.2 Å². The molecular weight excluding hydrogens is 306 g/mol. The van der Waals surface area contributed by atoms with Crippen LogP contribution in [0, 0.1) is 10.1 Å². The van der Waals surface area contributed by atoms with E-state index >= 15 is 0 Å². The van der Waals surface area contributed by atoms with E-state index < -0.39 is 14.9 Å². The topological polar surface area (TPSA) is 92.9 Å². The number of allylic oxidation sites excluding steroid dienone is 2. The van der Waals surface area contributed by atoms with Crippen molar-refractivity contribution in [3.63, 3.8) is 0 Å². The maximum Gasteiger partial charge on any atom is 0.286 e. The Balaban J connectivity index is 2.28. The summed E-state index contributed by atoms with van der Waals surface area (Å²) in [6, 6.07) is 3.59. The van der Waals surface area contributed by atoms with E-state index in [1.165, 1.54) is 35.4 Å². The molecule has 0 aliphatic carbocycles. The normalized spacial score (nSPS) is 18.8. The van der Waals surface area contributed by atoms with Crippen molar-refractivity contribution in [2.45, 2.75) is 4.90 Å². The van der Waals surface area contributed by atoms with E-state index in [0.717, 1.165) is 6.07 Å². The maximum absolute atomic E-state index is 12.1. The fourth-order valence-corrected chi connectivity index (χ4v) is 3.28. The van der Waals surface area contributed by atoms with Gasteiger partial charge in [0.05, 0.1) is 15.6 Å². The van der Waals surface area contributed by atoms with Gasteiger partial charge in [-0.15, -0.1) is 4.40 Å². The number of fused-ring (bicyclic) bond motifs is 3. The van der Waals surface area contributed by atoms with E-state index in [9.17, 15) is 18.5 Å². The SMILES string of the molecule is O=[N+]([O-])c1ccc2c(c1)S(=O)(=O)N=C1C=CC(Cl)=CN12. The first-order valence-electron chi connectivity index (χ1n) is 5.36. The van der Waals surface area contributed by atoms with Gasteiger partial charge >= 0.3 is 0 Å². The molecule has 0 saturated carbocycles. The van der Waals surface area contributed by atoms with Gasteiger partial charge in [0.2, 0.25) is 0 Å². The van der Waals surface area contributed by atoms with Crippen LogP contribution in [0.25, 0.3) is 0 Å². The monoisotopic (exact) mass is 311 g/mol. The van der Waals surface area contributed by atoms with E-state index in [1.807, 2.05) is 0 Å². The van der Waals surface area contributed by atoms with Gasteiger partial charge in [0, 0.05) is 18.3 Å². The number of sulfonamides is 1. The zero-order chi connectivity index (χ0) is 14.5. The van der Waals surface area contributed by atoms with E-state index in [1.54, 1.807) is 0 Å². The number of hydrogen-bond donors (Lipinski definition) is 0. The maximum atomic E-state index is 12.1. The highest BCUT2D eigenvalue weighted by Crippen LogP contribution is 2.36. The Morgan fingerprint density at radius 1 is 1.30 bits per heavy atom. The standard InChI is InChI=1S/C11H6ClN3O4S/c12-7-1-4-11-13-20(18,19)10-5-8(15(16)17)2-3-9(10)14(11)6-7/h1-6H. The fraction of sp³-hybridized carbons (Fsp3) is 0. The number of benzene rings is 1. The molecule has 0 amide bonds. The zero-order valence-electron chi connectivity index (χ0n) is 9.72. The number of non-ortho nitro benzene ring substituents is 1. The molecule has 7 nitrogen and oxygen atoms in total. The number of nitro groups is 1. The van der Waals surface area contributed by atoms with Crippen molar-refractivity contribution in [1.82, 2.24) is 0 Å². The Hall–Kier alpha value is -2.19. The molecule has 0 aromatic heterocycles. The molecule has 2 aliphatic rings. The average Bonchev–Trinajstić information content (AvgIpc) is 2.39. The lowest BCUT2D eigenvalue weighted by molar-refractivity contribution is -0.385. The van der Waals surface area contributed by atoms with Crippen LogP contribution < -0.4 is 4.90 Å². The summed E-state index contributed by atoms with van der Waals surface area (Å²) in [7, 11) is -3.97.